The maximum atomic E-state index is 9.93. The molecule has 0 bridgehead atoms. The van der Waals surface area contributed by atoms with Crippen LogP contribution in [0, 0.1) is 0 Å². The van der Waals surface area contributed by atoms with Crippen molar-refractivity contribution in [2.75, 3.05) is 5.73 Å². The Balaban J connectivity index is 0.000000511. The summed E-state index contributed by atoms with van der Waals surface area (Å²) >= 11 is -2.61. The Kier molecular flexibility index (Phi) is 5.80. The largest absolute Gasteiger partial charge is 0.506 e. The average Bonchev–Trinajstić information content (AvgIpc) is 2.88. The zero-order chi connectivity index (χ0) is 18.6. The summed E-state index contributed by atoms with van der Waals surface area (Å²) < 4.78 is 26.6. The highest BCUT2D eigenvalue weighted by Crippen LogP contribution is 2.37. The van der Waals surface area contributed by atoms with Crippen molar-refractivity contribution in [1.29, 1.82) is 0 Å². The van der Waals surface area contributed by atoms with Crippen molar-refractivity contribution in [2.45, 2.75) is 0 Å². The van der Waals surface area contributed by atoms with Gasteiger partial charge in [-0.15, -0.1) is 0 Å². The van der Waals surface area contributed by atoms with Crippen LogP contribution in [0.15, 0.2) is 53.0 Å². The van der Waals surface area contributed by atoms with Crippen molar-refractivity contribution >= 4 is 39.5 Å². The summed E-state index contributed by atoms with van der Waals surface area (Å²) in [7, 11) is 3.79. The zero-order valence-corrected chi connectivity index (χ0v) is 14.4. The van der Waals surface area contributed by atoms with Gasteiger partial charge in [0.05, 0.1) is 32.2 Å². The smallest absolute Gasteiger partial charge is 0.421 e. The number of phenolic OH excluding ortho intramolecular Hbond substituents is 1. The summed E-state index contributed by atoms with van der Waals surface area (Å²) in [5.74, 6) is 0.717. The van der Waals surface area contributed by atoms with E-state index >= 15 is 0 Å². The van der Waals surface area contributed by atoms with Crippen LogP contribution in [0.1, 0.15) is 0 Å². The van der Waals surface area contributed by atoms with E-state index in [4.69, 9.17) is 19.0 Å². The Morgan fingerprint density at radius 2 is 1.80 bits per heavy atom. The molecule has 3 aromatic rings. The molecule has 10 heteroatoms. The van der Waals surface area contributed by atoms with Gasteiger partial charge in [-0.25, -0.2) is 9.13 Å². The second kappa shape index (κ2) is 7.83. The Hall–Kier alpha value is -2.82. The predicted octanol–water partition coefficient (Wildman–Crippen LogP) is 2.39. The molecule has 0 aliphatic rings. The van der Waals surface area contributed by atoms with Gasteiger partial charge in [-0.05, 0) is 0 Å². The van der Waals surface area contributed by atoms with Gasteiger partial charge in [-0.1, -0.05) is 29.4 Å². The maximum absolute atomic E-state index is 9.93. The first-order valence-electron chi connectivity index (χ1n) is 7.04. The third-order valence-electron chi connectivity index (χ3n) is 3.43. The van der Waals surface area contributed by atoms with Gasteiger partial charge in [-0.2, -0.15) is 4.21 Å². The number of aromatic nitrogens is 2. The molecular weight excluding hydrogens is 346 g/mol. The lowest BCUT2D eigenvalue weighted by Crippen LogP contribution is -2.25. The molecule has 0 saturated carbocycles. The van der Waals surface area contributed by atoms with Crippen molar-refractivity contribution in [3.8, 4) is 5.75 Å². The van der Waals surface area contributed by atoms with E-state index < -0.39 is 11.4 Å². The van der Waals surface area contributed by atoms with E-state index in [1.807, 2.05) is 59.9 Å². The minimum Gasteiger partial charge on any atom is -0.506 e. The highest BCUT2D eigenvalue weighted by Gasteiger charge is 2.13. The van der Waals surface area contributed by atoms with Crippen LogP contribution in [0.2, 0.25) is 0 Å². The van der Waals surface area contributed by atoms with Gasteiger partial charge < -0.3 is 10.8 Å². The number of aryl methyl sites for hydroxylation is 2. The molecule has 3 rings (SSSR count). The maximum Gasteiger partial charge on any atom is 0.421 e. The number of nitrogens with zero attached hydrogens (tertiary/aromatic N) is 4. The molecule has 0 radical (unpaired) electrons. The minimum atomic E-state index is -2.61. The number of rotatable bonds is 2. The summed E-state index contributed by atoms with van der Waals surface area (Å²) in [6.45, 7) is 0. The van der Waals surface area contributed by atoms with Crippen molar-refractivity contribution in [2.24, 2.45) is 24.3 Å². The van der Waals surface area contributed by atoms with Crippen molar-refractivity contribution in [3.63, 3.8) is 0 Å². The quantitative estimate of drug-likeness (QED) is 0.182. The fourth-order valence-corrected chi connectivity index (χ4v) is 2.27. The number of nitrogens with two attached hydrogens (primary N) is 1. The average molecular weight is 364 g/mol. The van der Waals surface area contributed by atoms with Crippen LogP contribution in [0.3, 0.4) is 0 Å². The van der Waals surface area contributed by atoms with Crippen LogP contribution in [-0.2, 0) is 25.5 Å². The van der Waals surface area contributed by atoms with E-state index in [-0.39, 0.29) is 5.75 Å². The molecule has 0 aliphatic heterocycles. The molecule has 0 amide bonds. The van der Waals surface area contributed by atoms with Gasteiger partial charge >= 0.3 is 5.95 Å². The number of hydrogen-bond donors (Lipinski definition) is 4. The Labute approximate surface area is 146 Å². The summed E-state index contributed by atoms with van der Waals surface area (Å²) in [4.78, 5) is 0. The van der Waals surface area contributed by atoms with Crippen LogP contribution < -0.4 is 10.3 Å². The first-order chi connectivity index (χ1) is 11.8. The van der Waals surface area contributed by atoms with E-state index in [1.54, 1.807) is 0 Å². The molecular formula is C15H18N5O4S+. The third kappa shape index (κ3) is 4.38. The first kappa shape index (κ1) is 18.5. The SMILES string of the molecule is Cn1cc[n+](C)c1N=Nc1cc(O)c(N)c2ccccc12.O=S(O)O. The molecule has 0 aliphatic carbocycles. The van der Waals surface area contributed by atoms with Crippen molar-refractivity contribution in [3.05, 3.63) is 42.7 Å². The molecule has 1 aromatic heterocycles. The highest BCUT2D eigenvalue weighted by molar-refractivity contribution is 7.73. The van der Waals surface area contributed by atoms with E-state index in [1.165, 1.54) is 6.07 Å². The van der Waals surface area contributed by atoms with Crippen molar-refractivity contribution < 1.29 is 23.0 Å². The second-order valence-electron chi connectivity index (χ2n) is 5.12. The fraction of sp³-hybridized carbons (Fsp3) is 0.133. The lowest BCUT2D eigenvalue weighted by molar-refractivity contribution is -0.657. The number of phenols is 1. The number of hydrogen-bond acceptors (Lipinski definition) is 5. The first-order valence-corrected chi connectivity index (χ1v) is 8.10. The van der Waals surface area contributed by atoms with Gasteiger partial charge in [0.2, 0.25) is 0 Å². The molecule has 0 saturated heterocycles. The number of nitrogen functional groups attached to an aromatic ring is 1. The molecule has 9 nitrogen and oxygen atoms in total. The summed E-state index contributed by atoms with van der Waals surface area (Å²) in [5.41, 5.74) is 6.83. The highest BCUT2D eigenvalue weighted by atomic mass is 32.2. The van der Waals surface area contributed by atoms with E-state index in [0.717, 1.165) is 10.8 Å². The van der Waals surface area contributed by atoms with Gasteiger partial charge in [0.25, 0.3) is 11.4 Å². The van der Waals surface area contributed by atoms with Crippen LogP contribution >= 0.6 is 0 Å². The number of anilines is 1. The number of benzene rings is 2. The molecule has 0 spiro atoms. The minimum absolute atomic E-state index is 0.0129. The lowest BCUT2D eigenvalue weighted by atomic mass is 10.1. The Morgan fingerprint density at radius 1 is 1.20 bits per heavy atom. The van der Waals surface area contributed by atoms with Crippen molar-refractivity contribution in [1.82, 2.24) is 4.57 Å². The molecule has 0 fully saturated rings. The number of fused-ring (bicyclic) bond motifs is 1. The normalized spacial score (nSPS) is 11.1. The number of aromatic hydroxyl groups is 1. The van der Waals surface area contributed by atoms with E-state index in [9.17, 15) is 5.11 Å². The number of imidazole rings is 1. The standard InChI is InChI=1S/C15H15N5O.H2O3S/c1-19-7-8-20(2)15(19)18-17-12-9-13(21)14(16)11-6-4-3-5-10(11)12;1-4(2)3/h3-9,16H,1-2H3,(H,17,21);(H2,1,2,3)/p+1. The zero-order valence-electron chi connectivity index (χ0n) is 13.6. The predicted molar refractivity (Wildman–Crippen MR) is 94.2 cm³/mol. The Bertz CT molecular complexity index is 931. The van der Waals surface area contributed by atoms with E-state index in [0.29, 0.717) is 17.3 Å². The van der Waals surface area contributed by atoms with Gasteiger partial charge in [0.1, 0.15) is 11.4 Å². The monoisotopic (exact) mass is 364 g/mol. The summed E-state index contributed by atoms with van der Waals surface area (Å²) in [5, 5.41) is 20.1. The Morgan fingerprint density at radius 3 is 2.36 bits per heavy atom. The van der Waals surface area contributed by atoms with Crippen LogP contribution in [0.25, 0.3) is 10.8 Å². The van der Waals surface area contributed by atoms with Gasteiger partial charge in [0, 0.05) is 22.0 Å². The summed E-state index contributed by atoms with van der Waals surface area (Å²) in [6, 6.07) is 9.07. The molecule has 0 unspecified atom stereocenters. The van der Waals surface area contributed by atoms with Crippen LogP contribution in [-0.4, -0.2) is 23.0 Å². The molecule has 2 aromatic carbocycles. The molecule has 5 N–H and O–H groups in total. The molecule has 25 heavy (non-hydrogen) atoms. The molecule has 0 atom stereocenters. The summed E-state index contributed by atoms with van der Waals surface area (Å²) in [6.07, 6.45) is 3.79. The lowest BCUT2D eigenvalue weighted by Gasteiger charge is -2.05. The fourth-order valence-electron chi connectivity index (χ4n) is 2.27. The van der Waals surface area contributed by atoms with Crippen LogP contribution in [0.4, 0.5) is 17.3 Å². The molecule has 132 valence electrons. The topological polar surface area (TPSA) is 137 Å². The third-order valence-corrected chi connectivity index (χ3v) is 3.43. The van der Waals surface area contributed by atoms with Gasteiger partial charge in [-0.3, -0.25) is 9.11 Å². The van der Waals surface area contributed by atoms with Crippen LogP contribution in [0.5, 0.6) is 5.75 Å². The second-order valence-corrected chi connectivity index (χ2v) is 5.59. The van der Waals surface area contributed by atoms with Gasteiger partial charge in [0.15, 0.2) is 0 Å². The van der Waals surface area contributed by atoms with E-state index in [2.05, 4.69) is 10.2 Å². The molecule has 1 heterocycles. The number of azo groups is 1.